The molecule has 1 saturated carbocycles. The predicted molar refractivity (Wildman–Crippen MR) is 69.0 cm³/mol. The first-order valence-electron chi connectivity index (χ1n) is 7.11. The van der Waals surface area contributed by atoms with Crippen LogP contribution in [-0.2, 0) is 6.42 Å². The Morgan fingerprint density at radius 3 is 3.00 bits per heavy atom. The summed E-state index contributed by atoms with van der Waals surface area (Å²) in [6, 6.07) is 1.16. The van der Waals surface area contributed by atoms with Crippen LogP contribution in [0.1, 0.15) is 62.9 Å². The fourth-order valence-electron chi connectivity index (χ4n) is 3.17. The maximum absolute atomic E-state index is 4.67. The van der Waals surface area contributed by atoms with E-state index in [1.165, 1.54) is 43.4 Å². The van der Waals surface area contributed by atoms with Gasteiger partial charge in [-0.2, -0.15) is 5.10 Å². The van der Waals surface area contributed by atoms with Gasteiger partial charge in [0.2, 0.25) is 0 Å². The van der Waals surface area contributed by atoms with Crippen molar-refractivity contribution in [2.45, 2.75) is 58.0 Å². The average molecular weight is 233 g/mol. The minimum absolute atomic E-state index is 0.545. The molecule has 0 bridgehead atoms. The minimum Gasteiger partial charge on any atom is -0.310 e. The minimum atomic E-state index is 0.545. The lowest BCUT2D eigenvalue weighted by Gasteiger charge is -2.25. The molecule has 0 amide bonds. The van der Waals surface area contributed by atoms with Gasteiger partial charge in [-0.25, -0.2) is 0 Å². The molecule has 1 heterocycles. The van der Waals surface area contributed by atoms with Crippen LogP contribution in [-0.4, -0.2) is 16.3 Å². The van der Waals surface area contributed by atoms with E-state index < -0.39 is 0 Å². The van der Waals surface area contributed by atoms with E-state index in [0.29, 0.717) is 12.1 Å². The van der Waals surface area contributed by atoms with Crippen molar-refractivity contribution in [3.05, 3.63) is 17.5 Å². The molecule has 3 heteroatoms. The van der Waals surface area contributed by atoms with Crippen LogP contribution in [0, 0.1) is 5.92 Å². The summed E-state index contributed by atoms with van der Waals surface area (Å²) in [6.07, 6.45) is 8.69. The molecule has 2 atom stereocenters. The van der Waals surface area contributed by atoms with Gasteiger partial charge in [0.1, 0.15) is 0 Å². The Morgan fingerprint density at radius 1 is 1.47 bits per heavy atom. The maximum Gasteiger partial charge on any atom is 0.0540 e. The number of aromatic nitrogens is 2. The van der Waals surface area contributed by atoms with Gasteiger partial charge in [0, 0.05) is 17.3 Å². The molecule has 1 aromatic rings. The molecule has 0 radical (unpaired) electrons. The van der Waals surface area contributed by atoms with Crippen LogP contribution >= 0.6 is 0 Å². The van der Waals surface area contributed by atoms with E-state index in [-0.39, 0.29) is 0 Å². The lowest BCUT2D eigenvalue weighted by atomic mass is 9.92. The Bertz CT molecular complexity index is 392. The van der Waals surface area contributed by atoms with Gasteiger partial charge in [-0.1, -0.05) is 6.92 Å². The Kier molecular flexibility index (Phi) is 2.95. The first-order chi connectivity index (χ1) is 8.31. The molecular weight excluding hydrogens is 210 g/mol. The molecule has 0 saturated heterocycles. The van der Waals surface area contributed by atoms with E-state index in [1.807, 2.05) is 0 Å². The highest BCUT2D eigenvalue weighted by Gasteiger charge is 2.33. The Morgan fingerprint density at radius 2 is 2.29 bits per heavy atom. The van der Waals surface area contributed by atoms with Gasteiger partial charge in [-0.15, -0.1) is 0 Å². The van der Waals surface area contributed by atoms with E-state index in [2.05, 4.69) is 35.1 Å². The summed E-state index contributed by atoms with van der Waals surface area (Å²) in [5.41, 5.74) is 2.97. The molecule has 0 aliphatic heterocycles. The molecular formula is C14H23N3. The van der Waals surface area contributed by atoms with Gasteiger partial charge in [0.15, 0.2) is 0 Å². The highest BCUT2D eigenvalue weighted by molar-refractivity contribution is 5.25. The standard InChI is InChI=1S/C14H23N3/c1-3-15-13-5-4-6-14-12(13)9-16-17(14)10(2)11-7-8-11/h9-11,13,15H,3-8H2,1-2H3. The number of rotatable bonds is 4. The first kappa shape index (κ1) is 11.3. The number of nitrogens with zero attached hydrogens (tertiary/aromatic N) is 2. The highest BCUT2D eigenvalue weighted by atomic mass is 15.3. The molecule has 94 valence electrons. The largest absolute Gasteiger partial charge is 0.310 e. The second-order valence-electron chi connectivity index (χ2n) is 5.57. The number of fused-ring (bicyclic) bond motifs is 1. The van der Waals surface area contributed by atoms with Crippen molar-refractivity contribution in [3.63, 3.8) is 0 Å². The molecule has 0 aromatic carbocycles. The van der Waals surface area contributed by atoms with Crippen molar-refractivity contribution < 1.29 is 0 Å². The second-order valence-corrected chi connectivity index (χ2v) is 5.57. The van der Waals surface area contributed by atoms with Crippen LogP contribution in [0.25, 0.3) is 0 Å². The van der Waals surface area contributed by atoms with E-state index in [4.69, 9.17) is 0 Å². The predicted octanol–water partition coefficient (Wildman–Crippen LogP) is 2.84. The molecule has 1 fully saturated rings. The summed E-state index contributed by atoms with van der Waals surface area (Å²) in [7, 11) is 0. The molecule has 3 nitrogen and oxygen atoms in total. The SMILES string of the molecule is CCNC1CCCc2c1cnn2C(C)C1CC1. The summed E-state index contributed by atoms with van der Waals surface area (Å²) in [5.74, 6) is 0.888. The van der Waals surface area contributed by atoms with Gasteiger partial charge in [0.05, 0.1) is 12.2 Å². The molecule has 2 aliphatic carbocycles. The van der Waals surface area contributed by atoms with Crippen molar-refractivity contribution in [2.24, 2.45) is 5.92 Å². The van der Waals surface area contributed by atoms with Crippen LogP contribution in [0.2, 0.25) is 0 Å². The third kappa shape index (κ3) is 2.01. The summed E-state index contributed by atoms with van der Waals surface area (Å²) in [4.78, 5) is 0. The smallest absolute Gasteiger partial charge is 0.0540 e. The highest BCUT2D eigenvalue weighted by Crippen LogP contribution is 2.41. The second kappa shape index (κ2) is 4.45. The van der Waals surface area contributed by atoms with Crippen LogP contribution in [0.15, 0.2) is 6.20 Å². The Hall–Kier alpha value is -0.830. The number of hydrogen-bond donors (Lipinski definition) is 1. The van der Waals surface area contributed by atoms with Gasteiger partial charge in [-0.05, 0) is 51.5 Å². The van der Waals surface area contributed by atoms with E-state index in [1.54, 1.807) is 0 Å². The average Bonchev–Trinajstić information content (AvgIpc) is 3.09. The third-order valence-corrected chi connectivity index (χ3v) is 4.35. The fourth-order valence-corrected chi connectivity index (χ4v) is 3.17. The van der Waals surface area contributed by atoms with Crippen LogP contribution in [0.3, 0.4) is 0 Å². The van der Waals surface area contributed by atoms with Gasteiger partial charge in [-0.3, -0.25) is 4.68 Å². The third-order valence-electron chi connectivity index (χ3n) is 4.35. The Balaban J connectivity index is 1.87. The molecule has 17 heavy (non-hydrogen) atoms. The summed E-state index contributed by atoms with van der Waals surface area (Å²) >= 11 is 0. The zero-order valence-corrected chi connectivity index (χ0v) is 10.9. The molecule has 0 spiro atoms. The zero-order valence-electron chi connectivity index (χ0n) is 10.9. The zero-order chi connectivity index (χ0) is 11.8. The van der Waals surface area contributed by atoms with E-state index in [9.17, 15) is 0 Å². The van der Waals surface area contributed by atoms with E-state index >= 15 is 0 Å². The molecule has 3 rings (SSSR count). The molecule has 1 aromatic heterocycles. The lowest BCUT2D eigenvalue weighted by molar-refractivity contribution is 0.404. The maximum atomic E-state index is 4.67. The van der Waals surface area contributed by atoms with Crippen LogP contribution < -0.4 is 5.32 Å². The molecule has 1 N–H and O–H groups in total. The van der Waals surface area contributed by atoms with Gasteiger partial charge < -0.3 is 5.32 Å². The summed E-state index contributed by atoms with van der Waals surface area (Å²) < 4.78 is 2.32. The van der Waals surface area contributed by atoms with Crippen molar-refractivity contribution in [1.29, 1.82) is 0 Å². The van der Waals surface area contributed by atoms with Crippen molar-refractivity contribution >= 4 is 0 Å². The van der Waals surface area contributed by atoms with E-state index in [0.717, 1.165) is 12.5 Å². The van der Waals surface area contributed by atoms with Crippen molar-refractivity contribution in [1.82, 2.24) is 15.1 Å². The summed E-state index contributed by atoms with van der Waals surface area (Å²) in [5, 5.41) is 8.25. The monoisotopic (exact) mass is 233 g/mol. The fraction of sp³-hybridized carbons (Fsp3) is 0.786. The summed E-state index contributed by atoms with van der Waals surface area (Å²) in [6.45, 7) is 5.57. The number of nitrogens with one attached hydrogen (secondary N) is 1. The van der Waals surface area contributed by atoms with Crippen LogP contribution in [0.4, 0.5) is 0 Å². The molecule has 2 unspecified atom stereocenters. The quantitative estimate of drug-likeness (QED) is 0.866. The van der Waals surface area contributed by atoms with Gasteiger partial charge in [0.25, 0.3) is 0 Å². The van der Waals surface area contributed by atoms with Gasteiger partial charge >= 0.3 is 0 Å². The van der Waals surface area contributed by atoms with Crippen molar-refractivity contribution in [2.75, 3.05) is 6.54 Å². The van der Waals surface area contributed by atoms with Crippen molar-refractivity contribution in [3.8, 4) is 0 Å². The molecule has 2 aliphatic rings. The lowest BCUT2D eigenvalue weighted by Crippen LogP contribution is -2.25. The number of hydrogen-bond acceptors (Lipinski definition) is 2. The first-order valence-corrected chi connectivity index (χ1v) is 7.11. The normalized spacial score (nSPS) is 25.6. The van der Waals surface area contributed by atoms with Crippen LogP contribution in [0.5, 0.6) is 0 Å². The topological polar surface area (TPSA) is 29.9 Å². The Labute approximate surface area is 104 Å².